The van der Waals surface area contributed by atoms with Crippen LogP contribution in [0.4, 0.5) is 5.69 Å². The maximum Gasteiger partial charge on any atom is 0.127 e. The SMILES string of the molecule is CCCCN(Cc1occc1CNCC)c1ccccc1. The summed E-state index contributed by atoms with van der Waals surface area (Å²) in [5.41, 5.74) is 2.52. The van der Waals surface area contributed by atoms with Crippen molar-refractivity contribution in [3.05, 3.63) is 54.0 Å². The van der Waals surface area contributed by atoms with Crippen molar-refractivity contribution in [2.75, 3.05) is 18.0 Å². The van der Waals surface area contributed by atoms with Gasteiger partial charge in [0, 0.05) is 24.3 Å². The minimum Gasteiger partial charge on any atom is -0.467 e. The average Bonchev–Trinajstić information content (AvgIpc) is 2.97. The van der Waals surface area contributed by atoms with Gasteiger partial charge < -0.3 is 14.6 Å². The Morgan fingerprint density at radius 1 is 1.10 bits per heavy atom. The number of hydrogen-bond acceptors (Lipinski definition) is 3. The zero-order valence-corrected chi connectivity index (χ0v) is 13.1. The zero-order valence-electron chi connectivity index (χ0n) is 13.1. The Labute approximate surface area is 128 Å². The molecule has 0 bridgehead atoms. The Balaban J connectivity index is 2.10. The van der Waals surface area contributed by atoms with Gasteiger partial charge in [0.15, 0.2) is 0 Å². The summed E-state index contributed by atoms with van der Waals surface area (Å²) in [4.78, 5) is 2.40. The topological polar surface area (TPSA) is 28.4 Å². The largest absolute Gasteiger partial charge is 0.467 e. The van der Waals surface area contributed by atoms with Crippen LogP contribution in [0.2, 0.25) is 0 Å². The van der Waals surface area contributed by atoms with Gasteiger partial charge in [-0.25, -0.2) is 0 Å². The third kappa shape index (κ3) is 4.64. The van der Waals surface area contributed by atoms with E-state index >= 15 is 0 Å². The van der Waals surface area contributed by atoms with Crippen molar-refractivity contribution in [2.24, 2.45) is 0 Å². The van der Waals surface area contributed by atoms with E-state index in [1.807, 2.05) is 0 Å². The monoisotopic (exact) mass is 286 g/mol. The van der Waals surface area contributed by atoms with Crippen LogP contribution in [0, 0.1) is 0 Å². The predicted octanol–water partition coefficient (Wildman–Crippen LogP) is 4.20. The molecule has 0 radical (unpaired) electrons. The summed E-state index contributed by atoms with van der Waals surface area (Å²) in [6, 6.07) is 12.7. The number of nitrogens with one attached hydrogen (secondary N) is 1. The lowest BCUT2D eigenvalue weighted by molar-refractivity contribution is 0.493. The standard InChI is InChI=1S/C18H26N2O/c1-3-5-12-20(17-9-7-6-8-10-17)15-18-16(11-13-21-18)14-19-4-2/h6-11,13,19H,3-5,12,14-15H2,1-2H3. The van der Waals surface area contributed by atoms with Crippen molar-refractivity contribution in [3.8, 4) is 0 Å². The fraction of sp³-hybridized carbons (Fsp3) is 0.444. The third-order valence-corrected chi connectivity index (χ3v) is 3.64. The van der Waals surface area contributed by atoms with Crippen LogP contribution in [0.5, 0.6) is 0 Å². The van der Waals surface area contributed by atoms with Crippen molar-refractivity contribution in [1.82, 2.24) is 5.32 Å². The van der Waals surface area contributed by atoms with Gasteiger partial charge in [0.05, 0.1) is 12.8 Å². The molecule has 0 fully saturated rings. The molecule has 0 aliphatic heterocycles. The van der Waals surface area contributed by atoms with Crippen molar-refractivity contribution >= 4 is 5.69 Å². The summed E-state index contributed by atoms with van der Waals surface area (Å²) < 4.78 is 5.71. The van der Waals surface area contributed by atoms with Gasteiger partial charge in [-0.1, -0.05) is 38.5 Å². The lowest BCUT2D eigenvalue weighted by atomic mass is 10.2. The molecular weight excluding hydrogens is 260 g/mol. The van der Waals surface area contributed by atoms with E-state index in [-0.39, 0.29) is 0 Å². The molecule has 2 aromatic rings. The third-order valence-electron chi connectivity index (χ3n) is 3.64. The second-order valence-corrected chi connectivity index (χ2v) is 5.26. The van der Waals surface area contributed by atoms with Crippen LogP contribution in [0.1, 0.15) is 38.0 Å². The zero-order chi connectivity index (χ0) is 14.9. The van der Waals surface area contributed by atoms with Gasteiger partial charge in [0.25, 0.3) is 0 Å². The van der Waals surface area contributed by atoms with E-state index in [9.17, 15) is 0 Å². The summed E-state index contributed by atoms with van der Waals surface area (Å²) in [5.74, 6) is 1.07. The molecule has 0 atom stereocenters. The van der Waals surface area contributed by atoms with E-state index in [4.69, 9.17) is 4.42 Å². The van der Waals surface area contributed by atoms with Crippen LogP contribution in [-0.2, 0) is 13.1 Å². The van der Waals surface area contributed by atoms with Crippen molar-refractivity contribution in [3.63, 3.8) is 0 Å². The van der Waals surface area contributed by atoms with Gasteiger partial charge >= 0.3 is 0 Å². The van der Waals surface area contributed by atoms with Crippen LogP contribution in [0.15, 0.2) is 47.1 Å². The lowest BCUT2D eigenvalue weighted by Crippen LogP contribution is -2.24. The molecule has 0 aliphatic rings. The molecule has 1 aromatic carbocycles. The maximum absolute atomic E-state index is 5.71. The second kappa shape index (κ2) is 8.53. The molecule has 0 saturated carbocycles. The molecule has 3 nitrogen and oxygen atoms in total. The van der Waals surface area contributed by atoms with Gasteiger partial charge in [-0.3, -0.25) is 0 Å². The summed E-state index contributed by atoms with van der Waals surface area (Å²) in [7, 11) is 0. The first-order chi connectivity index (χ1) is 10.3. The fourth-order valence-corrected chi connectivity index (χ4v) is 2.38. The van der Waals surface area contributed by atoms with E-state index in [0.29, 0.717) is 0 Å². The number of furan rings is 1. The van der Waals surface area contributed by atoms with Crippen molar-refractivity contribution in [2.45, 2.75) is 39.8 Å². The molecule has 2 rings (SSSR count). The van der Waals surface area contributed by atoms with E-state index in [1.54, 1.807) is 6.26 Å². The van der Waals surface area contributed by atoms with Crippen molar-refractivity contribution in [1.29, 1.82) is 0 Å². The number of hydrogen-bond donors (Lipinski definition) is 1. The van der Waals surface area contributed by atoms with E-state index in [2.05, 4.69) is 60.5 Å². The predicted molar refractivity (Wildman–Crippen MR) is 88.5 cm³/mol. The molecule has 0 saturated heterocycles. The first-order valence-corrected chi connectivity index (χ1v) is 7.91. The lowest BCUT2D eigenvalue weighted by Gasteiger charge is -2.24. The number of rotatable bonds is 9. The summed E-state index contributed by atoms with van der Waals surface area (Å²) in [6.45, 7) is 8.09. The Bertz CT molecular complexity index is 507. The average molecular weight is 286 g/mol. The Morgan fingerprint density at radius 2 is 1.90 bits per heavy atom. The molecule has 0 aliphatic carbocycles. The minimum absolute atomic E-state index is 0.831. The first-order valence-electron chi connectivity index (χ1n) is 7.91. The highest BCUT2D eigenvalue weighted by Crippen LogP contribution is 2.20. The first kappa shape index (κ1) is 15.6. The van der Waals surface area contributed by atoms with Crippen LogP contribution < -0.4 is 10.2 Å². The molecule has 114 valence electrons. The van der Waals surface area contributed by atoms with Crippen LogP contribution >= 0.6 is 0 Å². The second-order valence-electron chi connectivity index (χ2n) is 5.26. The number of para-hydroxylation sites is 1. The van der Waals surface area contributed by atoms with Gasteiger partial charge in [0.1, 0.15) is 5.76 Å². The molecule has 0 unspecified atom stereocenters. The highest BCUT2D eigenvalue weighted by Gasteiger charge is 2.12. The quantitative estimate of drug-likeness (QED) is 0.749. The fourth-order valence-electron chi connectivity index (χ4n) is 2.38. The smallest absolute Gasteiger partial charge is 0.127 e. The number of anilines is 1. The highest BCUT2D eigenvalue weighted by atomic mass is 16.3. The highest BCUT2D eigenvalue weighted by molar-refractivity contribution is 5.46. The van der Waals surface area contributed by atoms with E-state index in [1.165, 1.54) is 24.1 Å². The molecule has 21 heavy (non-hydrogen) atoms. The number of unbranched alkanes of at least 4 members (excludes halogenated alkanes) is 1. The van der Waals surface area contributed by atoms with Gasteiger partial charge in [-0.2, -0.15) is 0 Å². The molecule has 1 heterocycles. The molecular formula is C18H26N2O. The summed E-state index contributed by atoms with van der Waals surface area (Å²) in [6.07, 6.45) is 4.19. The summed E-state index contributed by atoms with van der Waals surface area (Å²) >= 11 is 0. The van der Waals surface area contributed by atoms with Crippen LogP contribution in [-0.4, -0.2) is 13.1 Å². The number of nitrogens with zero attached hydrogens (tertiary/aromatic N) is 1. The minimum atomic E-state index is 0.831. The van der Waals surface area contributed by atoms with Gasteiger partial charge in [0.2, 0.25) is 0 Å². The maximum atomic E-state index is 5.71. The molecule has 1 N–H and O–H groups in total. The van der Waals surface area contributed by atoms with Gasteiger partial charge in [-0.05, 0) is 31.2 Å². The Morgan fingerprint density at radius 3 is 2.62 bits per heavy atom. The van der Waals surface area contributed by atoms with E-state index in [0.717, 1.165) is 31.9 Å². The molecule has 0 spiro atoms. The van der Waals surface area contributed by atoms with Crippen LogP contribution in [0.3, 0.4) is 0 Å². The molecule has 3 heteroatoms. The Kier molecular flexibility index (Phi) is 6.35. The van der Waals surface area contributed by atoms with Gasteiger partial charge in [-0.15, -0.1) is 0 Å². The van der Waals surface area contributed by atoms with E-state index < -0.39 is 0 Å². The number of benzene rings is 1. The molecule has 0 amide bonds. The summed E-state index contributed by atoms with van der Waals surface area (Å²) in [5, 5.41) is 3.37. The normalized spacial score (nSPS) is 10.8. The Hall–Kier alpha value is -1.74. The van der Waals surface area contributed by atoms with Crippen molar-refractivity contribution < 1.29 is 4.42 Å². The molecule has 1 aromatic heterocycles. The van der Waals surface area contributed by atoms with Crippen LogP contribution in [0.25, 0.3) is 0 Å².